The van der Waals surface area contributed by atoms with Gasteiger partial charge >= 0.3 is 0 Å². The van der Waals surface area contributed by atoms with Crippen LogP contribution in [0.2, 0.25) is 0 Å². The minimum Gasteiger partial charge on any atom is -0.507 e. The highest BCUT2D eigenvalue weighted by Crippen LogP contribution is 2.27. The highest BCUT2D eigenvalue weighted by molar-refractivity contribution is 5.99. The zero-order valence-electron chi connectivity index (χ0n) is 11.6. The van der Waals surface area contributed by atoms with Gasteiger partial charge in [-0.3, -0.25) is 9.59 Å². The quantitative estimate of drug-likeness (QED) is 0.659. The second-order valence-corrected chi connectivity index (χ2v) is 5.46. The normalized spacial score (nSPS) is 17.2. The molecule has 1 saturated carbocycles. The molecule has 0 unspecified atom stereocenters. The molecule has 1 aliphatic carbocycles. The highest BCUT2D eigenvalue weighted by Gasteiger charge is 2.26. The molecule has 1 aliphatic rings. The Morgan fingerprint density at radius 3 is 2.42 bits per heavy atom. The van der Waals surface area contributed by atoms with Crippen LogP contribution in [0, 0.1) is 12.8 Å². The van der Waals surface area contributed by atoms with Crippen molar-refractivity contribution in [2.75, 3.05) is 0 Å². The molecule has 4 heteroatoms. The maximum Gasteiger partial charge on any atom is 0.265 e. The molecule has 0 bridgehead atoms. The molecule has 2 rings (SSSR count). The van der Waals surface area contributed by atoms with Gasteiger partial charge in [0.2, 0.25) is 0 Å². The summed E-state index contributed by atoms with van der Waals surface area (Å²) >= 11 is 0. The van der Waals surface area contributed by atoms with Crippen molar-refractivity contribution < 1.29 is 9.90 Å². The lowest BCUT2D eigenvalue weighted by atomic mass is 9.91. The second kappa shape index (κ2) is 5.59. The third-order valence-corrected chi connectivity index (χ3v) is 4.12. The Morgan fingerprint density at radius 1 is 1.26 bits per heavy atom. The zero-order valence-corrected chi connectivity index (χ0v) is 11.6. The average Bonchev–Trinajstić information content (AvgIpc) is 2.64. The summed E-state index contributed by atoms with van der Waals surface area (Å²) in [7, 11) is 1.63. The number of nitrogens with zero attached hydrogens (tertiary/aromatic N) is 1. The summed E-state index contributed by atoms with van der Waals surface area (Å²) in [6, 6.07) is 1.49. The van der Waals surface area contributed by atoms with Crippen LogP contribution >= 0.6 is 0 Å². The van der Waals surface area contributed by atoms with Gasteiger partial charge in [0.1, 0.15) is 11.3 Å². The van der Waals surface area contributed by atoms with Gasteiger partial charge < -0.3 is 9.67 Å². The molecule has 0 aromatic carbocycles. The molecule has 19 heavy (non-hydrogen) atoms. The first kappa shape index (κ1) is 13.8. The standard InChI is InChI=1S/C15H21NO3/c1-10-9-12(17)13(15(19)16(10)2)14(18)11-7-5-3-4-6-8-11/h9,11,17H,3-8H2,1-2H3. The Labute approximate surface area is 113 Å². The highest BCUT2D eigenvalue weighted by atomic mass is 16.3. The Bertz CT molecular complexity index is 537. The van der Waals surface area contributed by atoms with Gasteiger partial charge in [0.15, 0.2) is 5.78 Å². The minimum absolute atomic E-state index is 0.0278. The van der Waals surface area contributed by atoms with E-state index in [4.69, 9.17) is 0 Å². The molecule has 0 aliphatic heterocycles. The first-order chi connectivity index (χ1) is 9.02. The minimum atomic E-state index is -0.383. The van der Waals surface area contributed by atoms with E-state index in [0.29, 0.717) is 5.69 Å². The average molecular weight is 263 g/mol. The maximum atomic E-state index is 12.5. The van der Waals surface area contributed by atoms with Crippen LogP contribution in [0.1, 0.15) is 54.6 Å². The van der Waals surface area contributed by atoms with Crippen LogP contribution in [0.3, 0.4) is 0 Å². The number of aromatic hydroxyl groups is 1. The summed E-state index contributed by atoms with van der Waals surface area (Å²) in [5, 5.41) is 9.93. The number of rotatable bonds is 2. The van der Waals surface area contributed by atoms with E-state index in [1.54, 1.807) is 14.0 Å². The van der Waals surface area contributed by atoms with E-state index in [-0.39, 0.29) is 28.6 Å². The van der Waals surface area contributed by atoms with Crippen LogP contribution in [0.5, 0.6) is 5.75 Å². The Hall–Kier alpha value is -1.58. The van der Waals surface area contributed by atoms with Crippen LogP contribution in [0.15, 0.2) is 10.9 Å². The van der Waals surface area contributed by atoms with Gasteiger partial charge in [0.25, 0.3) is 5.56 Å². The fourth-order valence-electron chi connectivity index (χ4n) is 2.78. The Kier molecular flexibility index (Phi) is 4.08. The van der Waals surface area contributed by atoms with E-state index in [0.717, 1.165) is 38.5 Å². The van der Waals surface area contributed by atoms with Gasteiger partial charge in [-0.05, 0) is 19.8 Å². The predicted molar refractivity (Wildman–Crippen MR) is 73.6 cm³/mol. The largest absolute Gasteiger partial charge is 0.507 e. The predicted octanol–water partition coefficient (Wildman–Crippen LogP) is 2.55. The van der Waals surface area contributed by atoms with Crippen LogP contribution in [0.25, 0.3) is 0 Å². The number of pyridine rings is 1. The first-order valence-electron chi connectivity index (χ1n) is 6.96. The molecular formula is C15H21NO3. The molecule has 1 aromatic rings. The summed E-state index contributed by atoms with van der Waals surface area (Å²) in [5.41, 5.74) is 0.242. The van der Waals surface area contributed by atoms with Gasteiger partial charge in [-0.15, -0.1) is 0 Å². The lowest BCUT2D eigenvalue weighted by Gasteiger charge is -2.14. The molecule has 1 aromatic heterocycles. The van der Waals surface area contributed by atoms with Gasteiger partial charge in [0.05, 0.1) is 0 Å². The SMILES string of the molecule is Cc1cc(O)c(C(=O)C2CCCCCC2)c(=O)n1C. The second-order valence-electron chi connectivity index (χ2n) is 5.46. The summed E-state index contributed by atoms with van der Waals surface area (Å²) in [4.78, 5) is 24.6. The lowest BCUT2D eigenvalue weighted by Crippen LogP contribution is -2.29. The molecule has 4 nitrogen and oxygen atoms in total. The summed E-state index contributed by atoms with van der Waals surface area (Å²) in [6.07, 6.45) is 6.03. The topological polar surface area (TPSA) is 59.3 Å². The van der Waals surface area contributed by atoms with Crippen molar-refractivity contribution in [2.24, 2.45) is 13.0 Å². The van der Waals surface area contributed by atoms with Crippen LogP contribution in [-0.2, 0) is 7.05 Å². The number of hydrogen-bond acceptors (Lipinski definition) is 3. The molecule has 104 valence electrons. The van der Waals surface area contributed by atoms with Crippen LogP contribution < -0.4 is 5.56 Å². The van der Waals surface area contributed by atoms with Gasteiger partial charge in [-0.2, -0.15) is 0 Å². The van der Waals surface area contributed by atoms with Gasteiger partial charge in [0, 0.05) is 24.7 Å². The van der Waals surface area contributed by atoms with E-state index in [1.165, 1.54) is 10.6 Å². The number of hydrogen-bond donors (Lipinski definition) is 1. The molecule has 0 radical (unpaired) electrons. The molecule has 1 N–H and O–H groups in total. The zero-order chi connectivity index (χ0) is 14.0. The van der Waals surface area contributed by atoms with E-state index < -0.39 is 0 Å². The molecule has 0 saturated heterocycles. The first-order valence-corrected chi connectivity index (χ1v) is 6.96. The molecule has 1 fully saturated rings. The van der Waals surface area contributed by atoms with Crippen molar-refractivity contribution >= 4 is 5.78 Å². The van der Waals surface area contributed by atoms with Gasteiger partial charge in [-0.25, -0.2) is 0 Å². The summed E-state index contributed by atoms with van der Waals surface area (Å²) < 4.78 is 1.42. The van der Waals surface area contributed by atoms with Crippen molar-refractivity contribution in [3.8, 4) is 5.75 Å². The molecule has 0 spiro atoms. The van der Waals surface area contributed by atoms with Gasteiger partial charge in [-0.1, -0.05) is 25.7 Å². The third kappa shape index (κ3) is 2.72. The van der Waals surface area contributed by atoms with Crippen LogP contribution in [0.4, 0.5) is 0 Å². The molecule has 0 amide bonds. The molecule has 1 heterocycles. The number of ketones is 1. The van der Waals surface area contributed by atoms with Crippen molar-refractivity contribution in [2.45, 2.75) is 45.4 Å². The number of carbonyl (C=O) groups excluding carboxylic acids is 1. The number of carbonyl (C=O) groups is 1. The lowest BCUT2D eigenvalue weighted by molar-refractivity contribution is 0.0903. The van der Waals surface area contributed by atoms with Crippen molar-refractivity contribution in [1.29, 1.82) is 0 Å². The molecular weight excluding hydrogens is 242 g/mol. The van der Waals surface area contributed by atoms with E-state index in [9.17, 15) is 14.7 Å². The summed E-state index contributed by atoms with van der Waals surface area (Å²) in [6.45, 7) is 1.74. The van der Waals surface area contributed by atoms with E-state index >= 15 is 0 Å². The number of aryl methyl sites for hydroxylation is 1. The Balaban J connectivity index is 2.38. The monoisotopic (exact) mass is 263 g/mol. The van der Waals surface area contributed by atoms with Crippen molar-refractivity contribution in [1.82, 2.24) is 4.57 Å². The molecule has 0 atom stereocenters. The van der Waals surface area contributed by atoms with E-state index in [2.05, 4.69) is 0 Å². The van der Waals surface area contributed by atoms with Crippen LogP contribution in [-0.4, -0.2) is 15.5 Å². The van der Waals surface area contributed by atoms with Crippen molar-refractivity contribution in [3.05, 3.63) is 27.7 Å². The fourth-order valence-corrected chi connectivity index (χ4v) is 2.78. The third-order valence-electron chi connectivity index (χ3n) is 4.12. The smallest absolute Gasteiger partial charge is 0.265 e. The summed E-state index contributed by atoms with van der Waals surface area (Å²) in [5.74, 6) is -0.460. The van der Waals surface area contributed by atoms with Crippen molar-refractivity contribution in [3.63, 3.8) is 0 Å². The number of aromatic nitrogens is 1. The Morgan fingerprint density at radius 2 is 1.84 bits per heavy atom. The van der Waals surface area contributed by atoms with E-state index in [1.807, 2.05) is 0 Å². The fraction of sp³-hybridized carbons (Fsp3) is 0.600. The number of Topliss-reactive ketones (excluding diaryl/α,β-unsaturated/α-hetero) is 1. The maximum absolute atomic E-state index is 12.5.